The van der Waals surface area contributed by atoms with Crippen molar-refractivity contribution in [3.05, 3.63) is 29.8 Å². The highest BCUT2D eigenvalue weighted by Crippen LogP contribution is 2.14. The third-order valence-electron chi connectivity index (χ3n) is 2.42. The number of hydrogen-bond donors (Lipinski definition) is 0. The highest BCUT2D eigenvalue weighted by molar-refractivity contribution is 5.93. The highest BCUT2D eigenvalue weighted by Gasteiger charge is 2.16. The van der Waals surface area contributed by atoms with Crippen LogP contribution in [0.4, 0.5) is 5.69 Å². The number of aryl methyl sites for hydroxylation is 1. The van der Waals surface area contributed by atoms with Gasteiger partial charge in [-0.2, -0.15) is 0 Å². The number of carbonyl (C=O) groups excluding carboxylic acids is 1. The summed E-state index contributed by atoms with van der Waals surface area (Å²) >= 11 is 0. The van der Waals surface area contributed by atoms with Gasteiger partial charge < -0.3 is 9.64 Å². The third kappa shape index (κ3) is 4.57. The van der Waals surface area contributed by atoms with E-state index in [-0.39, 0.29) is 18.1 Å². The fourth-order valence-electron chi connectivity index (χ4n) is 1.29. The van der Waals surface area contributed by atoms with Gasteiger partial charge in [-0.15, -0.1) is 0 Å². The van der Waals surface area contributed by atoms with Crippen LogP contribution < -0.4 is 4.90 Å². The van der Waals surface area contributed by atoms with Crippen LogP contribution in [0.5, 0.6) is 0 Å². The lowest BCUT2D eigenvalue weighted by Gasteiger charge is -2.22. The standard InChI is InChI=1S/C14H21NO2/c1-11-6-8-12(9-7-11)15(5)13(16)10-17-14(2,3)4/h6-9H,10H2,1-5H3. The predicted octanol–water partition coefficient (Wildman–Crippen LogP) is 2.77. The molecule has 0 bridgehead atoms. The minimum Gasteiger partial charge on any atom is -0.366 e. The molecule has 0 aliphatic carbocycles. The van der Waals surface area contributed by atoms with E-state index in [1.54, 1.807) is 11.9 Å². The van der Waals surface area contributed by atoms with Gasteiger partial charge in [0.15, 0.2) is 0 Å². The van der Waals surface area contributed by atoms with Crippen LogP contribution in [0.15, 0.2) is 24.3 Å². The van der Waals surface area contributed by atoms with Crippen LogP contribution in [0.25, 0.3) is 0 Å². The fraction of sp³-hybridized carbons (Fsp3) is 0.500. The van der Waals surface area contributed by atoms with Crippen LogP contribution in [0.3, 0.4) is 0 Å². The number of ether oxygens (including phenoxy) is 1. The minimum absolute atomic E-state index is 0.0382. The second-order valence-electron chi connectivity index (χ2n) is 5.19. The second-order valence-corrected chi connectivity index (χ2v) is 5.19. The fourth-order valence-corrected chi connectivity index (χ4v) is 1.29. The molecule has 0 aliphatic rings. The summed E-state index contributed by atoms with van der Waals surface area (Å²) < 4.78 is 5.47. The van der Waals surface area contributed by atoms with Crippen molar-refractivity contribution in [2.24, 2.45) is 0 Å². The molecule has 0 fully saturated rings. The summed E-state index contributed by atoms with van der Waals surface area (Å²) in [5.41, 5.74) is 1.78. The summed E-state index contributed by atoms with van der Waals surface area (Å²) in [6.45, 7) is 7.94. The number of amides is 1. The normalized spacial score (nSPS) is 11.4. The molecule has 94 valence electrons. The number of anilines is 1. The Balaban J connectivity index is 2.61. The van der Waals surface area contributed by atoms with Gasteiger partial charge in [-0.1, -0.05) is 17.7 Å². The zero-order valence-corrected chi connectivity index (χ0v) is 11.3. The van der Waals surface area contributed by atoms with Crippen LogP contribution in [0.2, 0.25) is 0 Å². The molecule has 3 heteroatoms. The molecule has 0 unspecified atom stereocenters. The van der Waals surface area contributed by atoms with E-state index in [1.807, 2.05) is 52.0 Å². The molecule has 0 heterocycles. The Labute approximate surface area is 103 Å². The first-order valence-electron chi connectivity index (χ1n) is 5.77. The van der Waals surface area contributed by atoms with Gasteiger partial charge in [-0.25, -0.2) is 0 Å². The van der Waals surface area contributed by atoms with Crippen LogP contribution in [-0.4, -0.2) is 25.2 Å². The van der Waals surface area contributed by atoms with Crippen LogP contribution in [-0.2, 0) is 9.53 Å². The summed E-state index contributed by atoms with van der Waals surface area (Å²) in [7, 11) is 1.76. The SMILES string of the molecule is Cc1ccc(N(C)C(=O)COC(C)(C)C)cc1. The van der Waals surface area contributed by atoms with E-state index < -0.39 is 0 Å². The molecule has 3 nitrogen and oxygen atoms in total. The van der Waals surface area contributed by atoms with E-state index in [4.69, 9.17) is 4.74 Å². The molecule has 1 aromatic rings. The average Bonchev–Trinajstić information content (AvgIpc) is 2.25. The molecule has 17 heavy (non-hydrogen) atoms. The molecule has 0 saturated heterocycles. The molecule has 0 aliphatic heterocycles. The second kappa shape index (κ2) is 5.32. The Morgan fingerprint density at radius 3 is 2.24 bits per heavy atom. The topological polar surface area (TPSA) is 29.5 Å². The molecular formula is C14H21NO2. The average molecular weight is 235 g/mol. The van der Waals surface area contributed by atoms with Gasteiger partial charge in [-0.05, 0) is 39.8 Å². The first-order valence-corrected chi connectivity index (χ1v) is 5.77. The predicted molar refractivity (Wildman–Crippen MR) is 70.3 cm³/mol. The third-order valence-corrected chi connectivity index (χ3v) is 2.42. The van der Waals surface area contributed by atoms with Crippen molar-refractivity contribution in [3.63, 3.8) is 0 Å². The van der Waals surface area contributed by atoms with E-state index in [0.29, 0.717) is 0 Å². The Morgan fingerprint density at radius 2 is 1.76 bits per heavy atom. The maximum absolute atomic E-state index is 11.9. The van der Waals surface area contributed by atoms with Gasteiger partial charge in [0.05, 0.1) is 5.60 Å². The van der Waals surface area contributed by atoms with Crippen molar-refractivity contribution in [3.8, 4) is 0 Å². The number of benzene rings is 1. The molecule has 1 amide bonds. The molecule has 1 rings (SSSR count). The maximum Gasteiger partial charge on any atom is 0.252 e. The smallest absolute Gasteiger partial charge is 0.252 e. The van der Waals surface area contributed by atoms with Crippen molar-refractivity contribution >= 4 is 11.6 Å². The first kappa shape index (κ1) is 13.7. The first-order chi connectivity index (χ1) is 7.79. The Hall–Kier alpha value is -1.35. The lowest BCUT2D eigenvalue weighted by atomic mass is 10.2. The molecule has 0 spiro atoms. The van der Waals surface area contributed by atoms with Gasteiger partial charge in [0.25, 0.3) is 5.91 Å². The molecular weight excluding hydrogens is 214 g/mol. The lowest BCUT2D eigenvalue weighted by Crippen LogP contribution is -2.33. The van der Waals surface area contributed by atoms with E-state index in [9.17, 15) is 4.79 Å². The Bertz CT molecular complexity index is 376. The number of nitrogens with zero attached hydrogens (tertiary/aromatic N) is 1. The van der Waals surface area contributed by atoms with E-state index >= 15 is 0 Å². The van der Waals surface area contributed by atoms with Gasteiger partial charge >= 0.3 is 0 Å². The molecule has 0 atom stereocenters. The molecule has 1 aromatic carbocycles. The number of hydrogen-bond acceptors (Lipinski definition) is 2. The van der Waals surface area contributed by atoms with Crippen molar-refractivity contribution in [1.29, 1.82) is 0 Å². The molecule has 0 aromatic heterocycles. The maximum atomic E-state index is 11.9. The zero-order chi connectivity index (χ0) is 13.1. The van der Waals surface area contributed by atoms with Crippen molar-refractivity contribution in [2.75, 3.05) is 18.6 Å². The van der Waals surface area contributed by atoms with E-state index in [2.05, 4.69) is 0 Å². The van der Waals surface area contributed by atoms with Gasteiger partial charge in [0.2, 0.25) is 0 Å². The summed E-state index contributed by atoms with van der Waals surface area (Å²) in [6.07, 6.45) is 0. The van der Waals surface area contributed by atoms with Crippen molar-refractivity contribution in [1.82, 2.24) is 0 Å². The Kier molecular flexibility index (Phi) is 4.29. The monoisotopic (exact) mass is 235 g/mol. The number of rotatable bonds is 3. The number of carbonyl (C=O) groups is 1. The molecule has 0 N–H and O–H groups in total. The number of likely N-dealkylation sites (N-methyl/N-ethyl adjacent to an activating group) is 1. The summed E-state index contributed by atoms with van der Waals surface area (Å²) in [5.74, 6) is -0.0382. The molecule has 0 saturated carbocycles. The van der Waals surface area contributed by atoms with Crippen molar-refractivity contribution in [2.45, 2.75) is 33.3 Å². The summed E-state index contributed by atoms with van der Waals surface area (Å²) in [4.78, 5) is 13.5. The van der Waals surface area contributed by atoms with Crippen LogP contribution in [0.1, 0.15) is 26.3 Å². The highest BCUT2D eigenvalue weighted by atomic mass is 16.5. The van der Waals surface area contributed by atoms with E-state index in [1.165, 1.54) is 5.56 Å². The lowest BCUT2D eigenvalue weighted by molar-refractivity contribution is -0.127. The Morgan fingerprint density at radius 1 is 1.24 bits per heavy atom. The molecule has 0 radical (unpaired) electrons. The van der Waals surface area contributed by atoms with Crippen LogP contribution in [0, 0.1) is 6.92 Å². The van der Waals surface area contributed by atoms with Gasteiger partial charge in [0.1, 0.15) is 6.61 Å². The van der Waals surface area contributed by atoms with Crippen molar-refractivity contribution < 1.29 is 9.53 Å². The van der Waals surface area contributed by atoms with Crippen LogP contribution >= 0.6 is 0 Å². The van der Waals surface area contributed by atoms with E-state index in [0.717, 1.165) is 5.69 Å². The van der Waals surface area contributed by atoms with Gasteiger partial charge in [-0.3, -0.25) is 4.79 Å². The minimum atomic E-state index is -0.288. The zero-order valence-electron chi connectivity index (χ0n) is 11.3. The van der Waals surface area contributed by atoms with Gasteiger partial charge in [0, 0.05) is 12.7 Å². The largest absolute Gasteiger partial charge is 0.366 e. The summed E-state index contributed by atoms with van der Waals surface area (Å²) in [5, 5.41) is 0. The summed E-state index contributed by atoms with van der Waals surface area (Å²) in [6, 6.07) is 7.85. The quantitative estimate of drug-likeness (QED) is 0.806.